The summed E-state index contributed by atoms with van der Waals surface area (Å²) in [5.74, 6) is 0.126. The minimum Gasteiger partial charge on any atom is -0.395 e. The maximum Gasteiger partial charge on any atom is 0.260 e. The summed E-state index contributed by atoms with van der Waals surface area (Å²) < 4.78 is 13.3. The lowest BCUT2D eigenvalue weighted by atomic mass is 10.1. The number of hydrogen-bond acceptors (Lipinski definition) is 5. The molecule has 0 atom stereocenters. The second-order valence-electron chi connectivity index (χ2n) is 6.28. The van der Waals surface area contributed by atoms with Gasteiger partial charge in [-0.1, -0.05) is 6.07 Å². The first-order valence-electron chi connectivity index (χ1n) is 8.83. The number of anilines is 2. The van der Waals surface area contributed by atoms with E-state index in [0.717, 1.165) is 11.4 Å². The van der Waals surface area contributed by atoms with Crippen molar-refractivity contribution in [2.24, 2.45) is 0 Å². The highest BCUT2D eigenvalue weighted by Gasteiger charge is 2.19. The molecule has 0 spiro atoms. The van der Waals surface area contributed by atoms with Crippen molar-refractivity contribution < 1.29 is 14.3 Å². The first-order chi connectivity index (χ1) is 13.6. The van der Waals surface area contributed by atoms with E-state index in [1.807, 2.05) is 24.1 Å². The van der Waals surface area contributed by atoms with Crippen molar-refractivity contribution in [3.8, 4) is 0 Å². The number of carbonyl (C=O) groups excluding carboxylic acids is 1. The highest BCUT2D eigenvalue weighted by Crippen LogP contribution is 2.21. The van der Waals surface area contributed by atoms with Crippen molar-refractivity contribution in [3.63, 3.8) is 0 Å². The number of halogens is 1. The normalized spacial score (nSPS) is 10.5. The minimum absolute atomic E-state index is 0.0396. The maximum atomic E-state index is 13.3. The third-order valence-electron chi connectivity index (χ3n) is 4.27. The Balaban J connectivity index is 1.87. The molecule has 2 aromatic heterocycles. The van der Waals surface area contributed by atoms with Gasteiger partial charge in [0.05, 0.1) is 18.7 Å². The molecule has 0 fully saturated rings. The van der Waals surface area contributed by atoms with E-state index in [-0.39, 0.29) is 24.9 Å². The van der Waals surface area contributed by atoms with Crippen molar-refractivity contribution >= 4 is 17.4 Å². The Labute approximate surface area is 162 Å². The van der Waals surface area contributed by atoms with Crippen molar-refractivity contribution in [2.75, 3.05) is 30.0 Å². The Bertz CT molecular complexity index is 902. The van der Waals surface area contributed by atoms with E-state index in [9.17, 15) is 9.18 Å². The number of benzene rings is 1. The van der Waals surface area contributed by atoms with E-state index in [0.29, 0.717) is 17.8 Å². The largest absolute Gasteiger partial charge is 0.395 e. The number of aliphatic hydroxyl groups excluding tert-OH is 1. The number of pyridine rings is 2. The summed E-state index contributed by atoms with van der Waals surface area (Å²) in [4.78, 5) is 24.8. The van der Waals surface area contributed by atoms with Crippen LogP contribution in [0.3, 0.4) is 0 Å². The van der Waals surface area contributed by atoms with Gasteiger partial charge < -0.3 is 14.9 Å². The van der Waals surface area contributed by atoms with Crippen LogP contribution < -0.4 is 9.80 Å². The molecule has 1 N–H and O–H groups in total. The van der Waals surface area contributed by atoms with Gasteiger partial charge in [0.15, 0.2) is 0 Å². The van der Waals surface area contributed by atoms with Crippen molar-refractivity contribution in [3.05, 3.63) is 84.1 Å². The quantitative estimate of drug-likeness (QED) is 0.683. The number of hydrogen-bond donors (Lipinski definition) is 1. The first kappa shape index (κ1) is 19.4. The molecular weight excluding hydrogens is 359 g/mol. The third kappa shape index (κ3) is 4.69. The Hall–Kier alpha value is -3.32. The Kier molecular flexibility index (Phi) is 6.29. The molecule has 0 aliphatic rings. The van der Waals surface area contributed by atoms with Crippen molar-refractivity contribution in [1.82, 2.24) is 9.97 Å². The molecule has 2 heterocycles. The molecule has 0 saturated heterocycles. The summed E-state index contributed by atoms with van der Waals surface area (Å²) in [5.41, 5.74) is 1.85. The van der Waals surface area contributed by atoms with Gasteiger partial charge in [-0.05, 0) is 48.0 Å². The standard InChI is InChI=1S/C21H21FN4O2/c1-25(11-12-27)20-9-4-16(13-24-20)15-26(19-7-5-18(22)6-8-19)21(28)17-3-2-10-23-14-17/h2-10,13-14,27H,11-12,15H2,1H3. The van der Waals surface area contributed by atoms with Gasteiger partial charge >= 0.3 is 0 Å². The summed E-state index contributed by atoms with van der Waals surface area (Å²) in [5, 5.41) is 9.04. The number of carbonyl (C=O) groups is 1. The van der Waals surface area contributed by atoms with E-state index in [4.69, 9.17) is 5.11 Å². The van der Waals surface area contributed by atoms with Crippen LogP contribution in [0.15, 0.2) is 67.1 Å². The van der Waals surface area contributed by atoms with Crippen molar-refractivity contribution in [2.45, 2.75) is 6.54 Å². The van der Waals surface area contributed by atoms with Gasteiger partial charge in [-0.25, -0.2) is 9.37 Å². The topological polar surface area (TPSA) is 69.6 Å². The van der Waals surface area contributed by atoms with Gasteiger partial charge in [0.2, 0.25) is 0 Å². The number of nitrogens with zero attached hydrogens (tertiary/aromatic N) is 4. The van der Waals surface area contributed by atoms with Gasteiger partial charge in [-0.2, -0.15) is 0 Å². The fourth-order valence-electron chi connectivity index (χ4n) is 2.73. The van der Waals surface area contributed by atoms with E-state index in [1.165, 1.54) is 18.3 Å². The van der Waals surface area contributed by atoms with Crippen LogP contribution in [0.2, 0.25) is 0 Å². The third-order valence-corrected chi connectivity index (χ3v) is 4.27. The molecular formula is C21H21FN4O2. The van der Waals surface area contributed by atoms with Crippen LogP contribution in [0.5, 0.6) is 0 Å². The number of likely N-dealkylation sites (N-methyl/N-ethyl adjacent to an activating group) is 1. The van der Waals surface area contributed by atoms with Gasteiger partial charge in [0, 0.05) is 37.9 Å². The Morgan fingerprint density at radius 1 is 1.11 bits per heavy atom. The van der Waals surface area contributed by atoms with Crippen LogP contribution in [0.1, 0.15) is 15.9 Å². The Morgan fingerprint density at radius 2 is 1.89 bits per heavy atom. The molecule has 0 aliphatic heterocycles. The summed E-state index contributed by atoms with van der Waals surface area (Å²) in [6.07, 6.45) is 4.80. The SMILES string of the molecule is CN(CCO)c1ccc(CN(C(=O)c2cccnc2)c2ccc(F)cc2)cn1. The lowest BCUT2D eigenvalue weighted by molar-refractivity contribution is 0.0984. The maximum absolute atomic E-state index is 13.3. The fourth-order valence-corrected chi connectivity index (χ4v) is 2.73. The van der Waals surface area contributed by atoms with Crippen molar-refractivity contribution in [1.29, 1.82) is 0 Å². The zero-order valence-electron chi connectivity index (χ0n) is 15.5. The molecule has 1 aromatic carbocycles. The lowest BCUT2D eigenvalue weighted by Gasteiger charge is -2.23. The fraction of sp³-hybridized carbons (Fsp3) is 0.190. The van der Waals surface area contributed by atoms with E-state index < -0.39 is 0 Å². The van der Waals surface area contributed by atoms with Crippen LogP contribution in [0, 0.1) is 5.82 Å². The molecule has 144 valence electrons. The summed E-state index contributed by atoms with van der Waals surface area (Å²) in [7, 11) is 1.84. The highest BCUT2D eigenvalue weighted by atomic mass is 19.1. The van der Waals surface area contributed by atoms with E-state index >= 15 is 0 Å². The van der Waals surface area contributed by atoms with Crippen LogP contribution in [-0.2, 0) is 6.54 Å². The molecule has 0 unspecified atom stereocenters. The molecule has 0 bridgehead atoms. The average Bonchev–Trinajstić information content (AvgIpc) is 2.73. The molecule has 3 rings (SSSR count). The molecule has 1 amide bonds. The van der Waals surface area contributed by atoms with E-state index in [1.54, 1.807) is 41.6 Å². The molecule has 6 nitrogen and oxygen atoms in total. The number of amides is 1. The smallest absolute Gasteiger partial charge is 0.260 e. The number of rotatable bonds is 7. The monoisotopic (exact) mass is 380 g/mol. The molecule has 0 radical (unpaired) electrons. The van der Waals surface area contributed by atoms with Crippen LogP contribution in [0.25, 0.3) is 0 Å². The molecule has 0 aliphatic carbocycles. The molecule has 28 heavy (non-hydrogen) atoms. The second kappa shape index (κ2) is 9.05. The Morgan fingerprint density at radius 3 is 2.50 bits per heavy atom. The average molecular weight is 380 g/mol. The predicted octanol–water partition coefficient (Wildman–Crippen LogP) is 2.89. The van der Waals surface area contributed by atoms with Crippen LogP contribution in [-0.4, -0.2) is 41.2 Å². The summed E-state index contributed by atoms with van der Waals surface area (Å²) in [6.45, 7) is 0.793. The van der Waals surface area contributed by atoms with Gasteiger partial charge in [0.25, 0.3) is 5.91 Å². The summed E-state index contributed by atoms with van der Waals surface area (Å²) >= 11 is 0. The van der Waals surface area contributed by atoms with E-state index in [2.05, 4.69) is 9.97 Å². The van der Waals surface area contributed by atoms with Gasteiger partial charge in [-0.15, -0.1) is 0 Å². The van der Waals surface area contributed by atoms with Crippen LogP contribution in [0.4, 0.5) is 15.9 Å². The first-order valence-corrected chi connectivity index (χ1v) is 8.83. The molecule has 0 saturated carbocycles. The minimum atomic E-state index is -0.365. The van der Waals surface area contributed by atoms with Gasteiger partial charge in [-0.3, -0.25) is 9.78 Å². The zero-order valence-corrected chi connectivity index (χ0v) is 15.5. The molecule has 3 aromatic rings. The number of aliphatic hydroxyl groups is 1. The number of aromatic nitrogens is 2. The highest BCUT2D eigenvalue weighted by molar-refractivity contribution is 6.05. The second-order valence-corrected chi connectivity index (χ2v) is 6.28. The lowest BCUT2D eigenvalue weighted by Crippen LogP contribution is -2.30. The predicted molar refractivity (Wildman–Crippen MR) is 106 cm³/mol. The zero-order chi connectivity index (χ0) is 19.9. The van der Waals surface area contributed by atoms with Gasteiger partial charge in [0.1, 0.15) is 11.6 Å². The summed E-state index contributed by atoms with van der Waals surface area (Å²) in [6, 6.07) is 12.9. The van der Waals surface area contributed by atoms with Crippen LogP contribution >= 0.6 is 0 Å². The molecule has 7 heteroatoms.